The first-order valence-corrected chi connectivity index (χ1v) is 10.2. The molecule has 0 atom stereocenters. The Bertz CT molecular complexity index is 1120. The van der Waals surface area contributed by atoms with E-state index < -0.39 is 15.9 Å². The lowest BCUT2D eigenvalue weighted by molar-refractivity contribution is 0.0730. The van der Waals surface area contributed by atoms with E-state index >= 15 is 0 Å². The third-order valence-corrected chi connectivity index (χ3v) is 6.22. The molecule has 3 heterocycles. The Morgan fingerprint density at radius 2 is 1.83 bits per heavy atom. The second-order valence-corrected chi connectivity index (χ2v) is 8.22. The van der Waals surface area contributed by atoms with Gasteiger partial charge >= 0.3 is 6.01 Å². The largest absolute Gasteiger partial charge is 0.401 e. The number of ether oxygens (including phenoxy) is 1. The van der Waals surface area contributed by atoms with Gasteiger partial charge in [0.15, 0.2) is 0 Å². The minimum absolute atomic E-state index is 0.0827. The molecule has 152 valence electrons. The first kappa shape index (κ1) is 19.2. The van der Waals surface area contributed by atoms with E-state index in [0.717, 1.165) is 0 Å². The summed E-state index contributed by atoms with van der Waals surface area (Å²) in [6, 6.07) is 7.27. The van der Waals surface area contributed by atoms with Gasteiger partial charge in [-0.2, -0.15) is 9.40 Å². The standard InChI is InChI=1S/C17H18N6O5S/c1-22-7-6-14(21-22)16-19-20-17(28-16)18-15(24)12-2-4-13(5-3-12)29(25,26)23-8-10-27-11-9-23/h2-7H,8-11H2,1H3,(H,18,20,24). The van der Waals surface area contributed by atoms with Crippen LogP contribution < -0.4 is 5.32 Å². The van der Waals surface area contributed by atoms with Crippen molar-refractivity contribution in [3.8, 4) is 11.6 Å². The molecule has 2 aromatic heterocycles. The van der Waals surface area contributed by atoms with Gasteiger partial charge in [-0.3, -0.25) is 14.8 Å². The molecule has 0 spiro atoms. The molecule has 1 saturated heterocycles. The van der Waals surface area contributed by atoms with Crippen molar-refractivity contribution >= 4 is 21.9 Å². The molecule has 1 aromatic carbocycles. The highest BCUT2D eigenvalue weighted by Crippen LogP contribution is 2.20. The van der Waals surface area contributed by atoms with Crippen LogP contribution in [-0.2, 0) is 21.8 Å². The molecule has 11 nitrogen and oxygen atoms in total. The summed E-state index contributed by atoms with van der Waals surface area (Å²) in [5.41, 5.74) is 0.738. The third-order valence-electron chi connectivity index (χ3n) is 4.30. The van der Waals surface area contributed by atoms with E-state index in [-0.39, 0.29) is 22.4 Å². The normalized spacial score (nSPS) is 15.3. The summed E-state index contributed by atoms with van der Waals surface area (Å²) >= 11 is 0. The van der Waals surface area contributed by atoms with E-state index in [2.05, 4.69) is 20.6 Å². The Morgan fingerprint density at radius 3 is 2.48 bits per heavy atom. The molecule has 0 radical (unpaired) electrons. The van der Waals surface area contributed by atoms with Crippen molar-refractivity contribution in [2.24, 2.45) is 7.05 Å². The number of nitrogens with zero attached hydrogens (tertiary/aromatic N) is 5. The third kappa shape index (κ3) is 4.04. The Hall–Kier alpha value is -3.09. The molecule has 0 aliphatic carbocycles. The summed E-state index contributed by atoms with van der Waals surface area (Å²) in [6.45, 7) is 1.34. The Kier molecular flexibility index (Phi) is 5.13. The quantitative estimate of drug-likeness (QED) is 0.642. The van der Waals surface area contributed by atoms with Crippen molar-refractivity contribution in [2.75, 3.05) is 31.6 Å². The number of hydrogen-bond donors (Lipinski definition) is 1. The van der Waals surface area contributed by atoms with Crippen LogP contribution in [0.3, 0.4) is 0 Å². The summed E-state index contributed by atoms with van der Waals surface area (Å²) in [6.07, 6.45) is 1.73. The van der Waals surface area contributed by atoms with Crippen LogP contribution in [0.1, 0.15) is 10.4 Å². The summed E-state index contributed by atoms with van der Waals surface area (Å²) in [5.74, 6) is -0.329. The van der Waals surface area contributed by atoms with E-state index in [9.17, 15) is 13.2 Å². The zero-order valence-electron chi connectivity index (χ0n) is 15.5. The fraction of sp³-hybridized carbons (Fsp3) is 0.294. The Morgan fingerprint density at radius 1 is 1.10 bits per heavy atom. The van der Waals surface area contributed by atoms with E-state index in [0.29, 0.717) is 32.0 Å². The van der Waals surface area contributed by atoms with Gasteiger partial charge in [0.1, 0.15) is 5.69 Å². The Labute approximate surface area is 166 Å². The van der Waals surface area contributed by atoms with Gasteiger partial charge in [-0.1, -0.05) is 5.10 Å². The first-order chi connectivity index (χ1) is 13.9. The van der Waals surface area contributed by atoms with Crippen molar-refractivity contribution in [3.05, 3.63) is 42.1 Å². The van der Waals surface area contributed by atoms with Crippen LogP contribution in [0.5, 0.6) is 0 Å². The number of carbonyl (C=O) groups excluding carboxylic acids is 1. The van der Waals surface area contributed by atoms with Crippen LogP contribution in [0.25, 0.3) is 11.6 Å². The lowest BCUT2D eigenvalue weighted by Crippen LogP contribution is -2.40. The van der Waals surface area contributed by atoms with Crippen molar-refractivity contribution in [3.63, 3.8) is 0 Å². The molecule has 1 fully saturated rings. The van der Waals surface area contributed by atoms with E-state index in [4.69, 9.17) is 9.15 Å². The van der Waals surface area contributed by atoms with Gasteiger partial charge < -0.3 is 9.15 Å². The lowest BCUT2D eigenvalue weighted by Gasteiger charge is -2.26. The lowest BCUT2D eigenvalue weighted by atomic mass is 10.2. The molecular formula is C17H18N6O5S. The summed E-state index contributed by atoms with van der Waals surface area (Å²) < 4.78 is 38.8. The number of rotatable bonds is 5. The highest BCUT2D eigenvalue weighted by molar-refractivity contribution is 7.89. The predicted molar refractivity (Wildman–Crippen MR) is 100 cm³/mol. The van der Waals surface area contributed by atoms with Crippen LogP contribution in [0.2, 0.25) is 0 Å². The van der Waals surface area contributed by atoms with Crippen LogP contribution >= 0.6 is 0 Å². The molecule has 0 bridgehead atoms. The monoisotopic (exact) mass is 418 g/mol. The van der Waals surface area contributed by atoms with Gasteiger partial charge in [-0.15, -0.1) is 5.10 Å². The van der Waals surface area contributed by atoms with Gasteiger partial charge in [0.25, 0.3) is 11.8 Å². The average Bonchev–Trinajstić information content (AvgIpc) is 3.37. The fourth-order valence-electron chi connectivity index (χ4n) is 2.79. The molecule has 1 amide bonds. The Balaban J connectivity index is 1.45. The van der Waals surface area contributed by atoms with Crippen LogP contribution in [-0.4, -0.2) is 64.9 Å². The maximum Gasteiger partial charge on any atom is 0.322 e. The second kappa shape index (κ2) is 7.73. The smallest absolute Gasteiger partial charge is 0.322 e. The number of morpholine rings is 1. The zero-order valence-corrected chi connectivity index (χ0v) is 16.3. The molecule has 1 N–H and O–H groups in total. The number of benzene rings is 1. The maximum atomic E-state index is 12.6. The summed E-state index contributed by atoms with van der Waals surface area (Å²) in [4.78, 5) is 12.5. The van der Waals surface area contributed by atoms with E-state index in [1.807, 2.05) is 0 Å². The second-order valence-electron chi connectivity index (χ2n) is 6.28. The molecule has 0 saturated carbocycles. The van der Waals surface area contributed by atoms with Crippen LogP contribution in [0.15, 0.2) is 45.8 Å². The molecule has 1 aliphatic rings. The van der Waals surface area contributed by atoms with E-state index in [1.54, 1.807) is 24.0 Å². The van der Waals surface area contributed by atoms with Gasteiger partial charge in [-0.05, 0) is 30.3 Å². The summed E-state index contributed by atoms with van der Waals surface area (Å²) in [7, 11) is -1.86. The highest BCUT2D eigenvalue weighted by Gasteiger charge is 2.26. The topological polar surface area (TPSA) is 132 Å². The minimum Gasteiger partial charge on any atom is -0.401 e. The van der Waals surface area contributed by atoms with Gasteiger partial charge in [0.2, 0.25) is 10.0 Å². The SMILES string of the molecule is Cn1ccc(-c2nnc(NC(=O)c3ccc(S(=O)(=O)N4CCOCC4)cc3)o2)n1. The predicted octanol–water partition coefficient (Wildman–Crippen LogP) is 0.743. The molecule has 3 aromatic rings. The number of carbonyl (C=O) groups is 1. The minimum atomic E-state index is -3.62. The van der Waals surface area contributed by atoms with Crippen molar-refractivity contribution < 1.29 is 22.4 Å². The first-order valence-electron chi connectivity index (χ1n) is 8.76. The number of anilines is 1. The van der Waals surface area contributed by atoms with Gasteiger partial charge in [0.05, 0.1) is 18.1 Å². The van der Waals surface area contributed by atoms with Crippen LogP contribution in [0, 0.1) is 0 Å². The van der Waals surface area contributed by atoms with Crippen LogP contribution in [0.4, 0.5) is 6.01 Å². The fourth-order valence-corrected chi connectivity index (χ4v) is 4.20. The van der Waals surface area contributed by atoms with Crippen molar-refractivity contribution in [1.29, 1.82) is 0 Å². The molecule has 12 heteroatoms. The number of hydrogen-bond acceptors (Lipinski definition) is 8. The number of amides is 1. The molecule has 4 rings (SSSR count). The molecule has 29 heavy (non-hydrogen) atoms. The number of nitrogens with one attached hydrogen (secondary N) is 1. The van der Waals surface area contributed by atoms with Crippen molar-refractivity contribution in [2.45, 2.75) is 4.90 Å². The van der Waals surface area contributed by atoms with E-state index in [1.165, 1.54) is 28.6 Å². The van der Waals surface area contributed by atoms with Crippen molar-refractivity contribution in [1.82, 2.24) is 24.3 Å². The molecule has 0 unspecified atom stereocenters. The number of aromatic nitrogens is 4. The highest BCUT2D eigenvalue weighted by atomic mass is 32.2. The van der Waals surface area contributed by atoms with Gasteiger partial charge in [-0.25, -0.2) is 8.42 Å². The number of sulfonamides is 1. The molecule has 1 aliphatic heterocycles. The number of aryl methyl sites for hydroxylation is 1. The van der Waals surface area contributed by atoms with Gasteiger partial charge in [0, 0.05) is 31.9 Å². The summed E-state index contributed by atoms with van der Waals surface area (Å²) in [5, 5.41) is 14.2. The zero-order chi connectivity index (χ0) is 20.4. The molecular weight excluding hydrogens is 400 g/mol. The maximum absolute atomic E-state index is 12.6. The average molecular weight is 418 g/mol.